The second-order valence-corrected chi connectivity index (χ2v) is 6.19. The van der Waals surface area contributed by atoms with E-state index >= 15 is 0 Å². The van der Waals surface area contributed by atoms with Crippen molar-refractivity contribution in [3.8, 4) is 6.07 Å². The van der Waals surface area contributed by atoms with Crippen molar-refractivity contribution in [3.05, 3.63) is 71.0 Å². The topological polar surface area (TPSA) is 50.1 Å². The molecule has 0 heterocycles. The summed E-state index contributed by atoms with van der Waals surface area (Å²) >= 11 is 0. The molecule has 2 aromatic carbocycles. The van der Waals surface area contributed by atoms with Crippen molar-refractivity contribution in [2.75, 3.05) is 0 Å². The fraction of sp³-hybridized carbons (Fsp3) is 0.300. The minimum absolute atomic E-state index is 0.116. The maximum atomic E-state index is 13.6. The summed E-state index contributed by atoms with van der Waals surface area (Å²) in [5, 5.41) is 8.93. The average Bonchev–Trinajstić information content (AvgIpc) is 3.11. The van der Waals surface area contributed by atoms with E-state index in [1.807, 2.05) is 6.07 Å². The van der Waals surface area contributed by atoms with Gasteiger partial charge >= 0.3 is 5.97 Å². The highest BCUT2D eigenvalue weighted by Crippen LogP contribution is 2.42. The van der Waals surface area contributed by atoms with Crippen molar-refractivity contribution in [2.24, 2.45) is 0 Å². The third kappa shape index (κ3) is 3.16. The number of benzene rings is 2. The van der Waals surface area contributed by atoms with Crippen molar-refractivity contribution in [1.82, 2.24) is 0 Å². The van der Waals surface area contributed by atoms with Crippen LogP contribution in [0.25, 0.3) is 0 Å². The lowest BCUT2D eigenvalue weighted by atomic mass is 9.79. The first-order valence-electron chi connectivity index (χ1n) is 8.06. The number of nitrogens with zero attached hydrogens (tertiary/aromatic N) is 1. The second-order valence-electron chi connectivity index (χ2n) is 6.19. The number of halogens is 1. The molecule has 0 unspecified atom stereocenters. The zero-order valence-corrected chi connectivity index (χ0v) is 13.3. The molecule has 2 aromatic rings. The molecule has 0 amide bonds. The van der Waals surface area contributed by atoms with Crippen LogP contribution in [0, 0.1) is 17.1 Å². The highest BCUT2D eigenvalue weighted by Gasteiger charge is 2.44. The van der Waals surface area contributed by atoms with E-state index in [9.17, 15) is 9.18 Å². The predicted octanol–water partition coefficient (Wildman–Crippen LogP) is 4.25. The third-order valence-electron chi connectivity index (χ3n) is 4.65. The van der Waals surface area contributed by atoms with Crippen LogP contribution in [0.2, 0.25) is 0 Å². The lowest BCUT2D eigenvalue weighted by Crippen LogP contribution is -2.34. The molecule has 1 saturated carbocycles. The monoisotopic (exact) mass is 323 g/mol. The van der Waals surface area contributed by atoms with Gasteiger partial charge in [0.05, 0.1) is 17.0 Å². The van der Waals surface area contributed by atoms with Gasteiger partial charge in [-0.05, 0) is 48.2 Å². The molecule has 1 aliphatic rings. The van der Waals surface area contributed by atoms with Crippen LogP contribution in [0.15, 0.2) is 48.5 Å². The highest BCUT2D eigenvalue weighted by molar-refractivity contribution is 5.83. The number of hydrogen-bond donors (Lipinski definition) is 0. The van der Waals surface area contributed by atoms with Crippen LogP contribution in [-0.4, -0.2) is 5.97 Å². The van der Waals surface area contributed by atoms with E-state index in [1.54, 1.807) is 30.3 Å². The smallest absolute Gasteiger partial charge is 0.316 e. The molecular weight excluding hydrogens is 305 g/mol. The summed E-state index contributed by atoms with van der Waals surface area (Å²) in [4.78, 5) is 12.8. The van der Waals surface area contributed by atoms with E-state index in [0.717, 1.165) is 18.4 Å². The summed E-state index contributed by atoms with van der Waals surface area (Å²) in [6.07, 6.45) is 3.20. The number of carbonyl (C=O) groups excluding carboxylic acids is 1. The number of hydrogen-bond acceptors (Lipinski definition) is 3. The van der Waals surface area contributed by atoms with Gasteiger partial charge in [0.15, 0.2) is 0 Å². The fourth-order valence-corrected chi connectivity index (χ4v) is 3.39. The van der Waals surface area contributed by atoms with E-state index in [-0.39, 0.29) is 18.4 Å². The van der Waals surface area contributed by atoms with Crippen LogP contribution < -0.4 is 0 Å². The molecule has 122 valence electrons. The Morgan fingerprint density at radius 2 is 1.92 bits per heavy atom. The molecule has 1 aliphatic carbocycles. The minimum atomic E-state index is -0.755. The average molecular weight is 323 g/mol. The van der Waals surface area contributed by atoms with Gasteiger partial charge < -0.3 is 4.74 Å². The Morgan fingerprint density at radius 3 is 2.62 bits per heavy atom. The van der Waals surface area contributed by atoms with Crippen molar-refractivity contribution < 1.29 is 13.9 Å². The maximum absolute atomic E-state index is 13.6. The van der Waals surface area contributed by atoms with Crippen molar-refractivity contribution in [3.63, 3.8) is 0 Å². The van der Waals surface area contributed by atoms with Gasteiger partial charge in [0.1, 0.15) is 12.4 Å². The zero-order valence-electron chi connectivity index (χ0n) is 13.3. The van der Waals surface area contributed by atoms with Gasteiger partial charge in [0.2, 0.25) is 0 Å². The Kier molecular flexibility index (Phi) is 4.61. The maximum Gasteiger partial charge on any atom is 0.316 e. The van der Waals surface area contributed by atoms with E-state index in [4.69, 9.17) is 10.00 Å². The van der Waals surface area contributed by atoms with Gasteiger partial charge in [-0.3, -0.25) is 4.79 Å². The summed E-state index contributed by atoms with van der Waals surface area (Å²) < 4.78 is 19.1. The molecule has 0 radical (unpaired) electrons. The number of nitriles is 1. The zero-order chi connectivity index (χ0) is 17.0. The number of carbonyl (C=O) groups is 1. The van der Waals surface area contributed by atoms with E-state index in [2.05, 4.69) is 6.07 Å². The molecule has 0 atom stereocenters. The minimum Gasteiger partial charge on any atom is -0.460 e. The van der Waals surface area contributed by atoms with Gasteiger partial charge in [-0.1, -0.05) is 37.1 Å². The molecule has 24 heavy (non-hydrogen) atoms. The van der Waals surface area contributed by atoms with Crippen LogP contribution >= 0.6 is 0 Å². The lowest BCUT2D eigenvalue weighted by Gasteiger charge is -2.27. The normalized spacial score (nSPS) is 15.7. The quantitative estimate of drug-likeness (QED) is 0.790. The van der Waals surface area contributed by atoms with Gasteiger partial charge in [-0.15, -0.1) is 0 Å². The Labute approximate surface area is 140 Å². The summed E-state index contributed by atoms with van der Waals surface area (Å²) in [6, 6.07) is 15.3. The lowest BCUT2D eigenvalue weighted by molar-refractivity contribution is -0.152. The molecule has 0 spiro atoms. The molecule has 0 aliphatic heterocycles. The van der Waals surface area contributed by atoms with Crippen molar-refractivity contribution >= 4 is 5.97 Å². The molecule has 3 nitrogen and oxygen atoms in total. The molecule has 0 N–H and O–H groups in total. The number of rotatable bonds is 4. The third-order valence-corrected chi connectivity index (χ3v) is 4.65. The first-order valence-corrected chi connectivity index (χ1v) is 8.06. The van der Waals surface area contributed by atoms with Crippen molar-refractivity contribution in [1.29, 1.82) is 5.26 Å². The molecule has 0 saturated heterocycles. The fourth-order valence-electron chi connectivity index (χ4n) is 3.39. The largest absolute Gasteiger partial charge is 0.460 e. The number of ether oxygens (including phenoxy) is 1. The Bertz CT molecular complexity index is 788. The summed E-state index contributed by atoms with van der Waals surface area (Å²) in [5.74, 6) is -0.652. The summed E-state index contributed by atoms with van der Waals surface area (Å²) in [5.41, 5.74) is 1.24. The Hall–Kier alpha value is -2.67. The molecular formula is C20H18FNO2. The van der Waals surface area contributed by atoms with Gasteiger partial charge in [0, 0.05) is 0 Å². The highest BCUT2D eigenvalue weighted by atomic mass is 19.1. The Morgan fingerprint density at radius 1 is 1.17 bits per heavy atom. The first kappa shape index (κ1) is 16.2. The van der Waals surface area contributed by atoms with Gasteiger partial charge in [-0.25, -0.2) is 4.39 Å². The summed E-state index contributed by atoms with van der Waals surface area (Å²) in [6.45, 7) is 0.116. The van der Waals surface area contributed by atoms with Crippen LogP contribution in [0.1, 0.15) is 42.4 Å². The molecule has 3 rings (SSSR count). The molecule has 0 aromatic heterocycles. The van der Waals surface area contributed by atoms with E-state index in [0.29, 0.717) is 24.0 Å². The van der Waals surface area contributed by atoms with Gasteiger partial charge in [-0.2, -0.15) is 5.26 Å². The molecule has 0 bridgehead atoms. The SMILES string of the molecule is N#Cc1cccc(COC(=O)C2(c3cccc(F)c3)CCCC2)c1. The Balaban J connectivity index is 1.79. The van der Waals surface area contributed by atoms with E-state index in [1.165, 1.54) is 12.1 Å². The molecule has 1 fully saturated rings. The summed E-state index contributed by atoms with van der Waals surface area (Å²) in [7, 11) is 0. The van der Waals surface area contributed by atoms with Gasteiger partial charge in [0.25, 0.3) is 0 Å². The second kappa shape index (κ2) is 6.84. The van der Waals surface area contributed by atoms with Crippen molar-refractivity contribution in [2.45, 2.75) is 37.7 Å². The first-order chi connectivity index (χ1) is 11.6. The van der Waals surface area contributed by atoms with E-state index < -0.39 is 5.41 Å². The van der Waals surface area contributed by atoms with Crippen LogP contribution in [0.4, 0.5) is 4.39 Å². The molecule has 4 heteroatoms. The number of esters is 1. The predicted molar refractivity (Wildman–Crippen MR) is 87.5 cm³/mol. The van der Waals surface area contributed by atoms with Crippen LogP contribution in [0.5, 0.6) is 0 Å². The van der Waals surface area contributed by atoms with Crippen LogP contribution in [0.3, 0.4) is 0 Å². The standard InChI is InChI=1S/C20H18FNO2/c21-18-8-4-7-17(12-18)20(9-1-2-10-20)19(23)24-14-16-6-3-5-15(11-16)13-22/h3-8,11-12H,1-2,9-10,14H2. The van der Waals surface area contributed by atoms with Crippen LogP contribution in [-0.2, 0) is 21.6 Å².